The molecule has 114 valence electrons. The second kappa shape index (κ2) is 6.10. The van der Waals surface area contributed by atoms with Crippen LogP contribution < -0.4 is 0 Å². The summed E-state index contributed by atoms with van der Waals surface area (Å²) in [6.07, 6.45) is 1.31. The van der Waals surface area contributed by atoms with Crippen LogP contribution in [0.25, 0.3) is 0 Å². The van der Waals surface area contributed by atoms with Gasteiger partial charge in [0.1, 0.15) is 11.5 Å². The second-order valence-electron chi connectivity index (χ2n) is 5.76. The minimum atomic E-state index is 0.118. The van der Waals surface area contributed by atoms with Crippen LogP contribution in [0.1, 0.15) is 23.5 Å². The Morgan fingerprint density at radius 1 is 1.00 bits per heavy atom. The Labute approximate surface area is 129 Å². The Kier molecular flexibility index (Phi) is 4.00. The van der Waals surface area contributed by atoms with Gasteiger partial charge in [-0.05, 0) is 41.8 Å². The summed E-state index contributed by atoms with van der Waals surface area (Å²) in [6, 6.07) is 14.0. The van der Waals surface area contributed by atoms with Crippen LogP contribution >= 0.6 is 0 Å². The van der Waals surface area contributed by atoms with Crippen LogP contribution in [-0.2, 0) is 11.2 Å². The lowest BCUT2D eigenvalue weighted by Crippen LogP contribution is -2.29. The van der Waals surface area contributed by atoms with Crippen LogP contribution in [0.15, 0.2) is 48.5 Å². The number of phenols is 2. The third-order valence-electron chi connectivity index (χ3n) is 4.20. The van der Waals surface area contributed by atoms with Gasteiger partial charge >= 0.3 is 0 Å². The van der Waals surface area contributed by atoms with Gasteiger partial charge in [0.05, 0.1) is 6.42 Å². The second-order valence-corrected chi connectivity index (χ2v) is 5.76. The van der Waals surface area contributed by atoms with Crippen molar-refractivity contribution < 1.29 is 15.0 Å². The Bertz CT molecular complexity index is 649. The average molecular weight is 297 g/mol. The molecule has 1 aliphatic rings. The fraction of sp³-hybridized carbons (Fsp3) is 0.278. The number of aromatic hydroxyl groups is 2. The summed E-state index contributed by atoms with van der Waals surface area (Å²) in [4.78, 5) is 14.2. The van der Waals surface area contributed by atoms with E-state index in [1.54, 1.807) is 36.4 Å². The van der Waals surface area contributed by atoms with E-state index >= 15 is 0 Å². The molecule has 0 saturated carbocycles. The van der Waals surface area contributed by atoms with Crippen LogP contribution in [0.3, 0.4) is 0 Å². The molecule has 0 bridgehead atoms. The maximum atomic E-state index is 12.4. The van der Waals surface area contributed by atoms with Gasteiger partial charge < -0.3 is 15.1 Å². The summed E-state index contributed by atoms with van der Waals surface area (Å²) in [7, 11) is 0. The fourth-order valence-corrected chi connectivity index (χ4v) is 2.91. The third-order valence-corrected chi connectivity index (χ3v) is 4.20. The number of rotatable bonds is 3. The van der Waals surface area contributed by atoms with Crippen molar-refractivity contribution in [1.82, 2.24) is 4.90 Å². The first-order valence-corrected chi connectivity index (χ1v) is 7.46. The van der Waals surface area contributed by atoms with Crippen molar-refractivity contribution in [2.75, 3.05) is 13.1 Å². The molecular weight excluding hydrogens is 278 g/mol. The van der Waals surface area contributed by atoms with E-state index in [1.165, 1.54) is 0 Å². The van der Waals surface area contributed by atoms with Crippen molar-refractivity contribution in [2.24, 2.45) is 0 Å². The number of carbonyl (C=O) groups is 1. The first-order valence-electron chi connectivity index (χ1n) is 7.46. The molecular formula is C18H19NO3. The van der Waals surface area contributed by atoms with Crippen molar-refractivity contribution in [3.63, 3.8) is 0 Å². The third kappa shape index (κ3) is 3.22. The zero-order chi connectivity index (χ0) is 15.5. The number of hydrogen-bond donors (Lipinski definition) is 2. The molecule has 1 amide bonds. The summed E-state index contributed by atoms with van der Waals surface area (Å²) >= 11 is 0. The normalized spacial score (nSPS) is 17.6. The molecule has 1 saturated heterocycles. The summed E-state index contributed by atoms with van der Waals surface area (Å²) in [5.41, 5.74) is 2.08. The topological polar surface area (TPSA) is 60.8 Å². The van der Waals surface area contributed by atoms with Crippen LogP contribution in [-0.4, -0.2) is 34.1 Å². The van der Waals surface area contributed by atoms with E-state index in [9.17, 15) is 15.0 Å². The van der Waals surface area contributed by atoms with Gasteiger partial charge in [0.25, 0.3) is 0 Å². The molecule has 0 aromatic heterocycles. The van der Waals surface area contributed by atoms with Gasteiger partial charge in [0, 0.05) is 19.0 Å². The fourth-order valence-electron chi connectivity index (χ4n) is 2.91. The maximum absolute atomic E-state index is 12.4. The molecule has 1 atom stereocenters. The molecule has 2 N–H and O–H groups in total. The van der Waals surface area contributed by atoms with Gasteiger partial charge in [0.2, 0.25) is 5.91 Å². The number of benzene rings is 2. The zero-order valence-electron chi connectivity index (χ0n) is 12.3. The summed E-state index contributed by atoms with van der Waals surface area (Å²) in [5, 5.41) is 18.6. The highest BCUT2D eigenvalue weighted by atomic mass is 16.3. The molecule has 4 heteroatoms. The molecule has 0 unspecified atom stereocenters. The zero-order valence-corrected chi connectivity index (χ0v) is 12.3. The lowest BCUT2D eigenvalue weighted by atomic mass is 9.98. The van der Waals surface area contributed by atoms with E-state index in [0.717, 1.165) is 30.6 Å². The summed E-state index contributed by atoms with van der Waals surface area (Å²) < 4.78 is 0. The molecule has 4 nitrogen and oxygen atoms in total. The average Bonchev–Trinajstić information content (AvgIpc) is 3.00. The van der Waals surface area contributed by atoms with E-state index in [1.807, 2.05) is 17.0 Å². The minimum absolute atomic E-state index is 0.118. The Morgan fingerprint density at radius 3 is 2.23 bits per heavy atom. The van der Waals surface area contributed by atoms with Crippen LogP contribution in [0.5, 0.6) is 11.5 Å². The van der Waals surface area contributed by atoms with E-state index < -0.39 is 0 Å². The van der Waals surface area contributed by atoms with Crippen molar-refractivity contribution >= 4 is 5.91 Å². The van der Waals surface area contributed by atoms with Crippen molar-refractivity contribution in [1.29, 1.82) is 0 Å². The molecule has 2 aromatic carbocycles. The van der Waals surface area contributed by atoms with Crippen LogP contribution in [0.2, 0.25) is 0 Å². The van der Waals surface area contributed by atoms with Gasteiger partial charge in [-0.15, -0.1) is 0 Å². The molecule has 3 rings (SSSR count). The van der Waals surface area contributed by atoms with E-state index in [4.69, 9.17) is 0 Å². The van der Waals surface area contributed by atoms with Crippen molar-refractivity contribution in [3.8, 4) is 11.5 Å². The highest BCUT2D eigenvalue weighted by molar-refractivity contribution is 5.79. The quantitative estimate of drug-likeness (QED) is 0.915. The molecule has 0 radical (unpaired) electrons. The van der Waals surface area contributed by atoms with Gasteiger partial charge in [-0.1, -0.05) is 24.3 Å². The molecule has 1 fully saturated rings. The standard InChI is InChI=1S/C18H19NO3/c20-16-5-1-13(2-6-16)11-18(22)19-10-9-15(12-19)14-3-7-17(21)8-4-14/h1-8,15,20-21H,9-12H2/t15-/m0/s1. The SMILES string of the molecule is O=C(Cc1ccc(O)cc1)N1CC[C@H](c2ccc(O)cc2)C1. The maximum Gasteiger partial charge on any atom is 0.227 e. The number of likely N-dealkylation sites (tertiary alicyclic amines) is 1. The molecule has 0 aliphatic carbocycles. The first-order chi connectivity index (χ1) is 10.6. The van der Waals surface area contributed by atoms with Gasteiger partial charge in [0.15, 0.2) is 0 Å². The first kappa shape index (κ1) is 14.4. The number of phenolic OH excluding ortho intramolecular Hbond substituents is 2. The largest absolute Gasteiger partial charge is 0.508 e. The van der Waals surface area contributed by atoms with Gasteiger partial charge in [-0.3, -0.25) is 4.79 Å². The number of carbonyl (C=O) groups excluding carboxylic acids is 1. The van der Waals surface area contributed by atoms with Crippen LogP contribution in [0, 0.1) is 0 Å². The number of nitrogens with zero attached hydrogens (tertiary/aromatic N) is 1. The molecule has 0 spiro atoms. The summed E-state index contributed by atoms with van der Waals surface area (Å²) in [5.74, 6) is 0.933. The number of hydrogen-bond acceptors (Lipinski definition) is 3. The van der Waals surface area contributed by atoms with Crippen molar-refractivity contribution in [2.45, 2.75) is 18.8 Å². The highest BCUT2D eigenvalue weighted by Gasteiger charge is 2.27. The van der Waals surface area contributed by atoms with E-state index in [-0.39, 0.29) is 17.4 Å². The summed E-state index contributed by atoms with van der Waals surface area (Å²) in [6.45, 7) is 1.49. The molecule has 2 aromatic rings. The lowest BCUT2D eigenvalue weighted by molar-refractivity contribution is -0.129. The minimum Gasteiger partial charge on any atom is -0.508 e. The van der Waals surface area contributed by atoms with E-state index in [0.29, 0.717) is 12.3 Å². The monoisotopic (exact) mass is 297 g/mol. The van der Waals surface area contributed by atoms with Gasteiger partial charge in [-0.25, -0.2) is 0 Å². The van der Waals surface area contributed by atoms with E-state index in [2.05, 4.69) is 0 Å². The molecule has 22 heavy (non-hydrogen) atoms. The van der Waals surface area contributed by atoms with Crippen LogP contribution in [0.4, 0.5) is 0 Å². The predicted octanol–water partition coefficient (Wildman–Crippen LogP) is 2.66. The predicted molar refractivity (Wildman–Crippen MR) is 83.9 cm³/mol. The molecule has 1 heterocycles. The highest BCUT2D eigenvalue weighted by Crippen LogP contribution is 2.28. The number of amides is 1. The Hall–Kier alpha value is -2.49. The van der Waals surface area contributed by atoms with Crippen molar-refractivity contribution in [3.05, 3.63) is 59.7 Å². The van der Waals surface area contributed by atoms with Gasteiger partial charge in [-0.2, -0.15) is 0 Å². The lowest BCUT2D eigenvalue weighted by Gasteiger charge is -2.17. The smallest absolute Gasteiger partial charge is 0.227 e. The Balaban J connectivity index is 1.61. The molecule has 1 aliphatic heterocycles. The Morgan fingerprint density at radius 2 is 1.59 bits per heavy atom.